The van der Waals surface area contributed by atoms with E-state index in [2.05, 4.69) is 55.8 Å². The van der Waals surface area contributed by atoms with Crippen LogP contribution in [-0.4, -0.2) is 33.1 Å². The number of amides is 1. The smallest absolute Gasteiger partial charge is 0.286 e. The summed E-state index contributed by atoms with van der Waals surface area (Å²) in [6.45, 7) is 1.29. The molecule has 0 saturated heterocycles. The Hall–Kier alpha value is -2.60. The van der Waals surface area contributed by atoms with Crippen molar-refractivity contribution in [1.82, 2.24) is 0 Å². The van der Waals surface area contributed by atoms with E-state index in [0.29, 0.717) is 12.6 Å². The zero-order valence-corrected chi connectivity index (χ0v) is 17.7. The van der Waals surface area contributed by atoms with Crippen LogP contribution in [0.5, 0.6) is 0 Å². The highest BCUT2D eigenvalue weighted by Crippen LogP contribution is 2.47. The maximum atomic E-state index is 13.3. The molecule has 0 saturated carbocycles. The van der Waals surface area contributed by atoms with Gasteiger partial charge in [-0.2, -0.15) is 0 Å². The number of fused-ring (bicyclic) bond motifs is 2. The topological polar surface area (TPSA) is 41.4 Å². The standard InChI is InChI=1S/C24H25N3OS/c1-26(2)21(18-10-4-3-5-11-18)16-25-17-24(28)27-19-12-6-8-14-22(19)29-23-15-9-7-13-20(23)27/h3-15,21,25H,16-17H2,1-2H3/p+2/t21-/m0/s1. The minimum absolute atomic E-state index is 0.116. The fraction of sp³-hybridized carbons (Fsp3) is 0.208. The van der Waals surface area contributed by atoms with Crippen LogP contribution >= 0.6 is 11.8 Å². The zero-order valence-electron chi connectivity index (χ0n) is 16.8. The maximum Gasteiger partial charge on any atom is 0.286 e. The Morgan fingerprint density at radius 2 is 1.45 bits per heavy atom. The summed E-state index contributed by atoms with van der Waals surface area (Å²) in [5, 5.41) is 2.14. The molecule has 1 aliphatic rings. The Kier molecular flexibility index (Phi) is 6.00. The van der Waals surface area contributed by atoms with Gasteiger partial charge in [0.2, 0.25) is 0 Å². The highest BCUT2D eigenvalue weighted by atomic mass is 32.2. The molecule has 0 aliphatic carbocycles. The number of hydrogen-bond acceptors (Lipinski definition) is 2. The molecule has 0 spiro atoms. The second kappa shape index (κ2) is 8.82. The highest BCUT2D eigenvalue weighted by molar-refractivity contribution is 7.99. The van der Waals surface area contributed by atoms with E-state index in [0.717, 1.165) is 27.7 Å². The molecule has 1 heterocycles. The van der Waals surface area contributed by atoms with E-state index in [4.69, 9.17) is 0 Å². The van der Waals surface area contributed by atoms with Gasteiger partial charge in [0.15, 0.2) is 12.6 Å². The molecular weight excluding hydrogens is 378 g/mol. The van der Waals surface area contributed by atoms with Crippen molar-refractivity contribution in [1.29, 1.82) is 0 Å². The van der Waals surface area contributed by atoms with Gasteiger partial charge in [-0.1, -0.05) is 66.4 Å². The number of carbonyl (C=O) groups is 1. The third-order valence-corrected chi connectivity index (χ3v) is 6.43. The van der Waals surface area contributed by atoms with Crippen LogP contribution < -0.4 is 15.1 Å². The van der Waals surface area contributed by atoms with Crippen molar-refractivity contribution in [2.75, 3.05) is 32.1 Å². The quantitative estimate of drug-likeness (QED) is 0.661. The van der Waals surface area contributed by atoms with Crippen LogP contribution in [0.3, 0.4) is 0 Å². The van der Waals surface area contributed by atoms with Crippen molar-refractivity contribution in [2.45, 2.75) is 15.8 Å². The second-order valence-corrected chi connectivity index (χ2v) is 8.62. The first-order valence-electron chi connectivity index (χ1n) is 10.0. The monoisotopic (exact) mass is 405 g/mol. The Morgan fingerprint density at radius 1 is 0.897 bits per heavy atom. The van der Waals surface area contributed by atoms with Crippen molar-refractivity contribution in [2.24, 2.45) is 0 Å². The van der Waals surface area contributed by atoms with Crippen LogP contribution in [0.2, 0.25) is 0 Å². The van der Waals surface area contributed by atoms with Gasteiger partial charge in [0.25, 0.3) is 5.91 Å². The van der Waals surface area contributed by atoms with Gasteiger partial charge in [-0.15, -0.1) is 0 Å². The Morgan fingerprint density at radius 3 is 2.03 bits per heavy atom. The van der Waals surface area contributed by atoms with Gasteiger partial charge < -0.3 is 10.2 Å². The third kappa shape index (κ3) is 4.22. The first kappa shape index (κ1) is 19.7. The summed E-state index contributed by atoms with van der Waals surface area (Å²) in [5.41, 5.74) is 3.26. The minimum atomic E-state index is 0.116. The lowest BCUT2D eigenvalue weighted by Gasteiger charge is -2.30. The van der Waals surface area contributed by atoms with Crippen LogP contribution in [0, 0.1) is 0 Å². The molecule has 1 amide bonds. The van der Waals surface area contributed by atoms with Gasteiger partial charge in [-0.25, -0.2) is 0 Å². The normalized spacial score (nSPS) is 13.7. The number of anilines is 2. The summed E-state index contributed by atoms with van der Waals surface area (Å²) in [7, 11) is 4.34. The predicted molar refractivity (Wildman–Crippen MR) is 118 cm³/mol. The molecule has 0 fully saturated rings. The van der Waals surface area contributed by atoms with Gasteiger partial charge in [-0.05, 0) is 24.3 Å². The number of carbonyl (C=O) groups excluding carboxylic acids is 1. The van der Waals surface area contributed by atoms with E-state index in [1.807, 2.05) is 47.4 Å². The highest BCUT2D eigenvalue weighted by Gasteiger charge is 2.29. The number of nitrogens with two attached hydrogens (primary N) is 1. The first-order valence-corrected chi connectivity index (χ1v) is 10.8. The lowest BCUT2D eigenvalue weighted by atomic mass is 10.1. The molecule has 3 N–H and O–H groups in total. The van der Waals surface area contributed by atoms with Gasteiger partial charge >= 0.3 is 0 Å². The largest absolute Gasteiger partial charge is 0.333 e. The Bertz CT molecular complexity index is 945. The van der Waals surface area contributed by atoms with Crippen LogP contribution in [-0.2, 0) is 4.79 Å². The van der Waals surface area contributed by atoms with Crippen LogP contribution in [0.4, 0.5) is 11.4 Å². The summed E-state index contributed by atoms with van der Waals surface area (Å²) < 4.78 is 0. The molecule has 4 rings (SSSR count). The average molecular weight is 406 g/mol. The van der Waals surface area contributed by atoms with E-state index in [-0.39, 0.29) is 5.91 Å². The summed E-state index contributed by atoms with van der Waals surface area (Å²) in [6, 6.07) is 27.2. The molecule has 1 atom stereocenters. The third-order valence-electron chi connectivity index (χ3n) is 5.30. The van der Waals surface area contributed by atoms with Crippen LogP contribution in [0.1, 0.15) is 11.6 Å². The van der Waals surface area contributed by atoms with Gasteiger partial charge in [0.05, 0.1) is 25.5 Å². The average Bonchev–Trinajstić information content (AvgIpc) is 2.75. The lowest BCUT2D eigenvalue weighted by molar-refractivity contribution is -0.908. The molecule has 148 valence electrons. The van der Waals surface area contributed by atoms with Crippen LogP contribution in [0.15, 0.2) is 88.7 Å². The number of nitrogens with one attached hydrogen (secondary N) is 1. The molecule has 3 aromatic carbocycles. The minimum Gasteiger partial charge on any atom is -0.333 e. The fourth-order valence-electron chi connectivity index (χ4n) is 3.83. The summed E-state index contributed by atoms with van der Waals surface area (Å²) in [5.74, 6) is 0.116. The number of hydrogen-bond donors (Lipinski definition) is 2. The van der Waals surface area contributed by atoms with Crippen molar-refractivity contribution in [3.05, 3.63) is 84.4 Å². The Balaban J connectivity index is 1.50. The van der Waals surface area contributed by atoms with Crippen molar-refractivity contribution in [3.63, 3.8) is 0 Å². The molecule has 0 radical (unpaired) electrons. The molecule has 0 unspecified atom stereocenters. The van der Waals surface area contributed by atoms with E-state index >= 15 is 0 Å². The SMILES string of the molecule is C[NH+](C)[C@@H](C[NH2+]CC(=O)N1c2ccccc2Sc2ccccc21)c1ccccc1. The number of rotatable bonds is 6. The number of benzene rings is 3. The van der Waals surface area contributed by atoms with Gasteiger partial charge in [0.1, 0.15) is 6.54 Å². The summed E-state index contributed by atoms with van der Waals surface area (Å²) in [6.07, 6.45) is 0. The molecule has 4 nitrogen and oxygen atoms in total. The second-order valence-electron chi connectivity index (χ2n) is 7.54. The number of nitrogens with zero attached hydrogens (tertiary/aromatic N) is 1. The van der Waals surface area contributed by atoms with Crippen molar-refractivity contribution < 1.29 is 15.0 Å². The molecule has 0 aromatic heterocycles. The van der Waals surface area contributed by atoms with Crippen molar-refractivity contribution >= 4 is 29.0 Å². The number of para-hydroxylation sites is 2. The van der Waals surface area contributed by atoms with Crippen molar-refractivity contribution in [3.8, 4) is 0 Å². The molecule has 29 heavy (non-hydrogen) atoms. The summed E-state index contributed by atoms with van der Waals surface area (Å²) >= 11 is 1.73. The zero-order chi connectivity index (χ0) is 20.2. The Labute approximate surface area is 176 Å². The molecular formula is C24H27N3OS+2. The predicted octanol–water partition coefficient (Wildman–Crippen LogP) is 2.27. The fourth-order valence-corrected chi connectivity index (χ4v) is 4.89. The molecule has 5 heteroatoms. The van der Waals surface area contributed by atoms with E-state index in [1.165, 1.54) is 10.5 Å². The van der Waals surface area contributed by atoms with E-state index in [9.17, 15) is 4.79 Å². The maximum absolute atomic E-state index is 13.3. The molecule has 3 aromatic rings. The first-order chi connectivity index (χ1) is 14.1. The van der Waals surface area contributed by atoms with Gasteiger partial charge in [-0.3, -0.25) is 9.69 Å². The number of quaternary nitrogens is 2. The van der Waals surface area contributed by atoms with E-state index < -0.39 is 0 Å². The number of likely N-dealkylation sites (N-methyl/N-ethyl adjacent to an activating group) is 1. The summed E-state index contributed by atoms with van der Waals surface area (Å²) in [4.78, 5) is 18.8. The van der Waals surface area contributed by atoms with E-state index in [1.54, 1.807) is 11.8 Å². The molecule has 0 bridgehead atoms. The van der Waals surface area contributed by atoms with Crippen LogP contribution in [0.25, 0.3) is 0 Å². The lowest BCUT2D eigenvalue weighted by Crippen LogP contribution is -3.09. The molecule has 1 aliphatic heterocycles. The van der Waals surface area contributed by atoms with Gasteiger partial charge in [0, 0.05) is 15.4 Å².